The third-order valence-electron chi connectivity index (χ3n) is 6.78. The first-order valence-corrected chi connectivity index (χ1v) is 12.9. The summed E-state index contributed by atoms with van der Waals surface area (Å²) in [7, 11) is 1.60. The molecular weight excluding hydrogens is 530 g/mol. The summed E-state index contributed by atoms with van der Waals surface area (Å²) in [6.07, 6.45) is 1.52. The number of methoxy groups -OCH3 is 1. The van der Waals surface area contributed by atoms with Gasteiger partial charge in [0.2, 0.25) is 0 Å². The maximum atomic E-state index is 13.7. The molecule has 184 valence electrons. The number of carbonyl (C=O) groups excluding carboxylic acids is 2. The van der Waals surface area contributed by atoms with Crippen LogP contribution in [0.1, 0.15) is 63.0 Å². The molecule has 0 saturated heterocycles. The average Bonchev–Trinajstić information content (AvgIpc) is 2.83. The number of carbonyl (C=O) groups is 2. The Kier molecular flexibility index (Phi) is 7.72. The Morgan fingerprint density at radius 2 is 1.86 bits per heavy atom. The zero-order valence-corrected chi connectivity index (χ0v) is 22.6. The zero-order chi connectivity index (χ0) is 25.3. The highest BCUT2D eigenvalue weighted by Gasteiger charge is 2.41. The number of dihydropyridines is 1. The Morgan fingerprint density at radius 3 is 2.49 bits per heavy atom. The normalized spacial score (nSPS) is 20.8. The topological polar surface area (TPSA) is 64.6 Å². The Hall–Kier alpha value is -2.57. The van der Waals surface area contributed by atoms with Gasteiger partial charge < -0.3 is 14.8 Å². The van der Waals surface area contributed by atoms with E-state index in [1.165, 1.54) is 0 Å². The maximum absolute atomic E-state index is 13.7. The molecular formula is C28H29BrClNO4. The second kappa shape index (κ2) is 10.6. The van der Waals surface area contributed by atoms with Gasteiger partial charge in [-0.05, 0) is 83.9 Å². The van der Waals surface area contributed by atoms with Gasteiger partial charge in [0.05, 0.1) is 23.3 Å². The number of ether oxygens (including phenoxy) is 2. The number of esters is 1. The van der Waals surface area contributed by atoms with Gasteiger partial charge in [0.1, 0.15) is 5.75 Å². The average molecular weight is 559 g/mol. The number of benzene rings is 2. The first kappa shape index (κ1) is 25.5. The fourth-order valence-electron chi connectivity index (χ4n) is 4.81. The van der Waals surface area contributed by atoms with Crippen LogP contribution in [-0.4, -0.2) is 25.0 Å². The Morgan fingerprint density at radius 1 is 1.17 bits per heavy atom. The fraction of sp³-hybridized carbons (Fsp3) is 0.357. The van der Waals surface area contributed by atoms with Crippen molar-refractivity contribution in [2.75, 3.05) is 7.11 Å². The summed E-state index contributed by atoms with van der Waals surface area (Å²) in [4.78, 5) is 27.1. The van der Waals surface area contributed by atoms with E-state index in [1.54, 1.807) is 7.11 Å². The molecule has 4 rings (SSSR count). The highest BCUT2D eigenvalue weighted by atomic mass is 79.9. The number of halogens is 2. The van der Waals surface area contributed by atoms with E-state index in [9.17, 15) is 9.59 Å². The van der Waals surface area contributed by atoms with E-state index in [1.807, 2.05) is 63.2 Å². The van der Waals surface area contributed by atoms with Crippen molar-refractivity contribution < 1.29 is 19.1 Å². The molecule has 35 heavy (non-hydrogen) atoms. The summed E-state index contributed by atoms with van der Waals surface area (Å²) < 4.78 is 11.9. The van der Waals surface area contributed by atoms with Crippen LogP contribution in [0.2, 0.25) is 5.02 Å². The minimum atomic E-state index is -0.524. The second-order valence-electron chi connectivity index (χ2n) is 9.09. The van der Waals surface area contributed by atoms with Crippen LogP contribution in [0, 0.1) is 0 Å². The lowest BCUT2D eigenvalue weighted by molar-refractivity contribution is -0.144. The van der Waals surface area contributed by atoms with E-state index < -0.39 is 11.9 Å². The first-order valence-electron chi connectivity index (χ1n) is 11.8. The van der Waals surface area contributed by atoms with Gasteiger partial charge >= 0.3 is 5.97 Å². The highest BCUT2D eigenvalue weighted by molar-refractivity contribution is 9.10. The fourth-order valence-corrected chi connectivity index (χ4v) is 5.49. The Bertz CT molecular complexity index is 1220. The van der Waals surface area contributed by atoms with Crippen LogP contribution >= 0.6 is 27.5 Å². The smallest absolute Gasteiger partial charge is 0.337 e. The van der Waals surface area contributed by atoms with E-state index >= 15 is 0 Å². The van der Waals surface area contributed by atoms with Gasteiger partial charge in [-0.25, -0.2) is 4.79 Å². The molecule has 5 nitrogen and oxygen atoms in total. The molecule has 1 heterocycles. The van der Waals surface area contributed by atoms with Crippen LogP contribution in [0.3, 0.4) is 0 Å². The lowest BCUT2D eigenvalue weighted by atomic mass is 9.71. The third-order valence-corrected chi connectivity index (χ3v) is 7.65. The predicted molar refractivity (Wildman–Crippen MR) is 141 cm³/mol. The van der Waals surface area contributed by atoms with Crippen molar-refractivity contribution in [3.63, 3.8) is 0 Å². The van der Waals surface area contributed by atoms with Crippen molar-refractivity contribution in [2.45, 2.75) is 58.0 Å². The van der Waals surface area contributed by atoms with E-state index in [2.05, 4.69) is 21.2 Å². The van der Waals surface area contributed by atoms with E-state index in [0.29, 0.717) is 46.9 Å². The summed E-state index contributed by atoms with van der Waals surface area (Å²) >= 11 is 9.63. The van der Waals surface area contributed by atoms with Crippen molar-refractivity contribution in [3.8, 4) is 5.75 Å². The minimum Gasteiger partial charge on any atom is -0.496 e. The monoisotopic (exact) mass is 557 g/mol. The van der Waals surface area contributed by atoms with Gasteiger partial charge in [-0.2, -0.15) is 0 Å². The van der Waals surface area contributed by atoms with Crippen LogP contribution in [-0.2, 0) is 14.3 Å². The molecule has 3 atom stereocenters. The summed E-state index contributed by atoms with van der Waals surface area (Å²) in [5.74, 6) is -0.184. The lowest BCUT2D eigenvalue weighted by Crippen LogP contribution is -2.36. The molecule has 0 bridgehead atoms. The third kappa shape index (κ3) is 5.19. The van der Waals surface area contributed by atoms with Gasteiger partial charge in [0.25, 0.3) is 0 Å². The molecule has 0 fully saturated rings. The van der Waals surface area contributed by atoms with E-state index in [0.717, 1.165) is 21.3 Å². The largest absolute Gasteiger partial charge is 0.496 e. The summed E-state index contributed by atoms with van der Waals surface area (Å²) in [6.45, 7) is 5.72. The SMILES string of the molecule is CC[C@@H](C)OC(=O)C1=C(C)NC2=C(C(=O)C[C@H](c3ccc(Cl)cc3)C2)[C@H]1c1ccc(OC)c(Br)c1. The molecule has 2 aliphatic rings. The van der Waals surface area contributed by atoms with Crippen LogP contribution in [0.5, 0.6) is 5.75 Å². The molecule has 1 aliphatic carbocycles. The van der Waals surface area contributed by atoms with E-state index in [4.69, 9.17) is 21.1 Å². The highest BCUT2D eigenvalue weighted by Crippen LogP contribution is 2.46. The summed E-state index contributed by atoms with van der Waals surface area (Å²) in [5, 5.41) is 4.06. The van der Waals surface area contributed by atoms with Crippen molar-refractivity contribution >= 4 is 39.3 Å². The number of rotatable bonds is 6. The molecule has 0 amide bonds. The van der Waals surface area contributed by atoms with Gasteiger partial charge in [0, 0.05) is 34.3 Å². The molecule has 0 radical (unpaired) electrons. The predicted octanol–water partition coefficient (Wildman–Crippen LogP) is 6.81. The number of hydrogen-bond donors (Lipinski definition) is 1. The number of Topliss-reactive ketones (excluding diaryl/α,β-unsaturated/α-hetero) is 1. The Labute approximate surface area is 219 Å². The molecule has 2 aromatic rings. The summed E-state index contributed by atoms with van der Waals surface area (Å²) in [5.41, 5.74) is 4.58. The zero-order valence-electron chi connectivity index (χ0n) is 20.3. The summed E-state index contributed by atoms with van der Waals surface area (Å²) in [6, 6.07) is 13.3. The first-order chi connectivity index (χ1) is 16.7. The number of hydrogen-bond acceptors (Lipinski definition) is 5. The van der Waals surface area contributed by atoms with Crippen molar-refractivity contribution in [2.24, 2.45) is 0 Å². The lowest BCUT2D eigenvalue weighted by Gasteiger charge is -2.37. The minimum absolute atomic E-state index is 0.0250. The van der Waals surface area contributed by atoms with Gasteiger partial charge in [0.15, 0.2) is 5.78 Å². The number of allylic oxidation sites excluding steroid dienone is 3. The molecule has 0 unspecified atom stereocenters. The number of ketones is 1. The number of nitrogens with one attached hydrogen (secondary N) is 1. The standard InChI is InChI=1S/C28H29BrClNO4/c1-5-15(2)35-28(33)25-16(3)31-22-13-19(17-6-9-20(30)10-7-17)14-23(32)27(22)26(25)18-8-11-24(34-4)21(29)12-18/h6-12,15,19,26,31H,5,13-14H2,1-4H3/t15-,19-,26+/m1/s1. The van der Waals surface area contributed by atoms with Gasteiger partial charge in [-0.1, -0.05) is 36.7 Å². The van der Waals surface area contributed by atoms with Crippen molar-refractivity contribution in [1.29, 1.82) is 0 Å². The molecule has 0 saturated carbocycles. The molecule has 1 aliphatic heterocycles. The van der Waals surface area contributed by atoms with Gasteiger partial charge in [-0.3, -0.25) is 4.79 Å². The van der Waals surface area contributed by atoms with Crippen LogP contribution < -0.4 is 10.1 Å². The molecule has 1 N–H and O–H groups in total. The second-order valence-corrected chi connectivity index (χ2v) is 10.4. The quantitative estimate of drug-likeness (QED) is 0.394. The van der Waals surface area contributed by atoms with Crippen LogP contribution in [0.15, 0.2) is 69.5 Å². The van der Waals surface area contributed by atoms with Crippen molar-refractivity contribution in [3.05, 3.63) is 85.6 Å². The maximum Gasteiger partial charge on any atom is 0.337 e. The molecule has 0 aromatic heterocycles. The van der Waals surface area contributed by atoms with Crippen LogP contribution in [0.4, 0.5) is 0 Å². The molecule has 2 aromatic carbocycles. The van der Waals surface area contributed by atoms with Gasteiger partial charge in [-0.15, -0.1) is 0 Å². The molecule has 0 spiro atoms. The molecule has 7 heteroatoms. The van der Waals surface area contributed by atoms with E-state index in [-0.39, 0.29) is 17.8 Å². The van der Waals surface area contributed by atoms with Crippen molar-refractivity contribution in [1.82, 2.24) is 5.32 Å². The van der Waals surface area contributed by atoms with Crippen LogP contribution in [0.25, 0.3) is 0 Å². The Balaban J connectivity index is 1.80.